The average Bonchev–Trinajstić information content (AvgIpc) is 3.41. The molecular formula is C66H45N. The Morgan fingerprint density at radius 3 is 1.25 bits per heavy atom. The van der Waals surface area contributed by atoms with E-state index in [2.05, 4.69) is 278 Å². The van der Waals surface area contributed by atoms with E-state index < -0.39 is 0 Å². The molecule has 0 fully saturated rings. The Morgan fingerprint density at radius 1 is 0.194 bits per heavy atom. The van der Waals surface area contributed by atoms with Crippen LogP contribution in [0.4, 0.5) is 17.1 Å². The first kappa shape index (κ1) is 39.8. The standard InChI is InChI=1S/C66H45N/c1-4-15-49(16-5-1)62-39-33-56(44-65(62)51-19-8-3-9-20-51)48-30-37-60(38-31-48)67(59-35-28-47(29-36-59)54-32-40-63-58(43-54)27-25-52-21-12-13-23-61(52)63)66-45-57(34-41-64(66)50-17-6-2-7-18-50)55-26-24-46-14-10-11-22-53(46)42-55/h1-45H. The summed E-state index contributed by atoms with van der Waals surface area (Å²) in [5, 5.41) is 7.52. The SMILES string of the molecule is c1ccc(-c2ccc(-c3ccc(N(c4ccc(-c5ccc6c(ccc7ccccc76)c5)cc4)c4cc(-c5ccc6ccccc6c5)ccc4-c4ccccc4)cc3)cc2-c2ccccc2)cc1. The Balaban J connectivity index is 0.994. The minimum absolute atomic E-state index is 1.08. The van der Waals surface area contributed by atoms with Crippen LogP contribution in [-0.4, -0.2) is 0 Å². The van der Waals surface area contributed by atoms with Crippen LogP contribution >= 0.6 is 0 Å². The molecule has 12 aromatic carbocycles. The van der Waals surface area contributed by atoms with Crippen molar-refractivity contribution in [1.29, 1.82) is 0 Å². The molecule has 0 saturated heterocycles. The second-order valence-electron chi connectivity index (χ2n) is 17.3. The Bertz CT molecular complexity index is 3710. The fraction of sp³-hybridized carbons (Fsp3) is 0. The largest absolute Gasteiger partial charge is 0.310 e. The van der Waals surface area contributed by atoms with Gasteiger partial charge in [-0.2, -0.15) is 0 Å². The summed E-state index contributed by atoms with van der Waals surface area (Å²) in [6, 6.07) is 99.6. The van der Waals surface area contributed by atoms with Gasteiger partial charge in [0.05, 0.1) is 5.69 Å². The Morgan fingerprint density at radius 2 is 0.597 bits per heavy atom. The summed E-state index contributed by atoms with van der Waals surface area (Å²) >= 11 is 0. The maximum absolute atomic E-state index is 2.43. The van der Waals surface area contributed by atoms with E-state index >= 15 is 0 Å². The predicted molar refractivity (Wildman–Crippen MR) is 286 cm³/mol. The molecule has 0 atom stereocenters. The lowest BCUT2D eigenvalue weighted by Crippen LogP contribution is -2.11. The number of rotatable bonds is 9. The van der Waals surface area contributed by atoms with Crippen molar-refractivity contribution in [3.63, 3.8) is 0 Å². The molecule has 0 saturated carbocycles. The van der Waals surface area contributed by atoms with Gasteiger partial charge in [-0.3, -0.25) is 0 Å². The molecule has 0 aliphatic carbocycles. The quantitative estimate of drug-likeness (QED) is 0.131. The van der Waals surface area contributed by atoms with E-state index in [0.717, 1.165) is 39.3 Å². The van der Waals surface area contributed by atoms with Crippen LogP contribution in [0.1, 0.15) is 0 Å². The number of hydrogen-bond donors (Lipinski definition) is 0. The van der Waals surface area contributed by atoms with Gasteiger partial charge in [-0.15, -0.1) is 0 Å². The van der Waals surface area contributed by atoms with Crippen molar-refractivity contribution in [3.8, 4) is 66.8 Å². The van der Waals surface area contributed by atoms with E-state index in [1.54, 1.807) is 0 Å². The smallest absolute Gasteiger partial charge is 0.0546 e. The van der Waals surface area contributed by atoms with E-state index in [0.29, 0.717) is 0 Å². The molecule has 0 spiro atoms. The van der Waals surface area contributed by atoms with E-state index in [1.807, 2.05) is 0 Å². The van der Waals surface area contributed by atoms with Gasteiger partial charge in [-0.05, 0) is 142 Å². The van der Waals surface area contributed by atoms with E-state index in [9.17, 15) is 0 Å². The van der Waals surface area contributed by atoms with Gasteiger partial charge in [0.15, 0.2) is 0 Å². The number of anilines is 3. The first-order valence-corrected chi connectivity index (χ1v) is 23.1. The van der Waals surface area contributed by atoms with Crippen LogP contribution in [-0.2, 0) is 0 Å². The summed E-state index contributed by atoms with van der Waals surface area (Å²) in [6.07, 6.45) is 0. The Labute approximate surface area is 392 Å². The van der Waals surface area contributed by atoms with E-state index in [1.165, 1.54) is 76.8 Å². The minimum atomic E-state index is 1.08. The normalized spacial score (nSPS) is 11.3. The van der Waals surface area contributed by atoms with Gasteiger partial charge < -0.3 is 4.90 Å². The van der Waals surface area contributed by atoms with E-state index in [4.69, 9.17) is 0 Å². The second-order valence-corrected chi connectivity index (χ2v) is 17.3. The molecule has 67 heavy (non-hydrogen) atoms. The second kappa shape index (κ2) is 17.3. The molecule has 12 aromatic rings. The summed E-state index contributed by atoms with van der Waals surface area (Å²) in [5.74, 6) is 0. The van der Waals surface area contributed by atoms with Gasteiger partial charge in [0.1, 0.15) is 0 Å². The topological polar surface area (TPSA) is 3.24 Å². The summed E-state index contributed by atoms with van der Waals surface area (Å²) in [4.78, 5) is 2.43. The number of hydrogen-bond acceptors (Lipinski definition) is 1. The fourth-order valence-electron chi connectivity index (χ4n) is 9.80. The molecule has 12 rings (SSSR count). The van der Waals surface area contributed by atoms with Crippen molar-refractivity contribution >= 4 is 49.4 Å². The third-order valence-corrected chi connectivity index (χ3v) is 13.3. The molecule has 0 aliphatic heterocycles. The van der Waals surface area contributed by atoms with Crippen LogP contribution in [0.15, 0.2) is 273 Å². The lowest BCUT2D eigenvalue weighted by atomic mass is 9.91. The highest BCUT2D eigenvalue weighted by molar-refractivity contribution is 6.08. The minimum Gasteiger partial charge on any atom is -0.310 e. The van der Waals surface area contributed by atoms with Crippen LogP contribution in [0, 0.1) is 0 Å². The van der Waals surface area contributed by atoms with Gasteiger partial charge in [0, 0.05) is 16.9 Å². The molecule has 1 heteroatoms. The van der Waals surface area contributed by atoms with Crippen LogP contribution in [0.3, 0.4) is 0 Å². The zero-order valence-corrected chi connectivity index (χ0v) is 36.9. The molecule has 0 bridgehead atoms. The van der Waals surface area contributed by atoms with E-state index in [-0.39, 0.29) is 0 Å². The van der Waals surface area contributed by atoms with Gasteiger partial charge >= 0.3 is 0 Å². The van der Waals surface area contributed by atoms with Gasteiger partial charge in [-0.25, -0.2) is 0 Å². The summed E-state index contributed by atoms with van der Waals surface area (Å²) in [5.41, 5.74) is 17.5. The zero-order valence-electron chi connectivity index (χ0n) is 36.9. The van der Waals surface area contributed by atoms with Crippen molar-refractivity contribution in [2.45, 2.75) is 0 Å². The highest BCUT2D eigenvalue weighted by Gasteiger charge is 2.20. The summed E-state index contributed by atoms with van der Waals surface area (Å²) in [6.45, 7) is 0. The molecule has 0 unspecified atom stereocenters. The monoisotopic (exact) mass is 851 g/mol. The Hall–Kier alpha value is -8.78. The summed E-state index contributed by atoms with van der Waals surface area (Å²) < 4.78 is 0. The molecule has 0 aromatic heterocycles. The predicted octanol–water partition coefficient (Wildman–Crippen LogP) is 18.6. The molecule has 0 amide bonds. The van der Waals surface area contributed by atoms with Crippen LogP contribution in [0.2, 0.25) is 0 Å². The lowest BCUT2D eigenvalue weighted by Gasteiger charge is -2.29. The third kappa shape index (κ3) is 7.73. The Kier molecular flexibility index (Phi) is 10.3. The molecule has 0 radical (unpaired) electrons. The van der Waals surface area contributed by atoms with Crippen LogP contribution in [0.5, 0.6) is 0 Å². The van der Waals surface area contributed by atoms with Crippen molar-refractivity contribution in [2.75, 3.05) is 4.90 Å². The highest BCUT2D eigenvalue weighted by atomic mass is 15.1. The van der Waals surface area contributed by atoms with Crippen molar-refractivity contribution in [3.05, 3.63) is 273 Å². The number of benzene rings is 12. The molecule has 0 N–H and O–H groups in total. The average molecular weight is 852 g/mol. The molecular weight excluding hydrogens is 807 g/mol. The van der Waals surface area contributed by atoms with Gasteiger partial charge in [0.2, 0.25) is 0 Å². The molecule has 314 valence electrons. The van der Waals surface area contributed by atoms with Gasteiger partial charge in [-0.1, -0.05) is 224 Å². The molecule has 0 aliphatic rings. The first-order valence-electron chi connectivity index (χ1n) is 23.1. The molecule has 0 heterocycles. The van der Waals surface area contributed by atoms with Crippen molar-refractivity contribution in [1.82, 2.24) is 0 Å². The van der Waals surface area contributed by atoms with Crippen LogP contribution in [0.25, 0.3) is 99.1 Å². The fourth-order valence-corrected chi connectivity index (χ4v) is 9.80. The lowest BCUT2D eigenvalue weighted by molar-refractivity contribution is 1.28. The number of fused-ring (bicyclic) bond motifs is 4. The molecule has 1 nitrogen and oxygen atoms in total. The maximum Gasteiger partial charge on any atom is 0.0546 e. The summed E-state index contributed by atoms with van der Waals surface area (Å²) in [7, 11) is 0. The highest BCUT2D eigenvalue weighted by Crippen LogP contribution is 2.45. The van der Waals surface area contributed by atoms with Gasteiger partial charge in [0.25, 0.3) is 0 Å². The number of nitrogens with zero attached hydrogens (tertiary/aromatic N) is 1. The van der Waals surface area contributed by atoms with Crippen LogP contribution < -0.4 is 4.90 Å². The van der Waals surface area contributed by atoms with Crippen molar-refractivity contribution in [2.24, 2.45) is 0 Å². The van der Waals surface area contributed by atoms with Crippen molar-refractivity contribution < 1.29 is 0 Å². The first-order chi connectivity index (χ1) is 33.2. The third-order valence-electron chi connectivity index (χ3n) is 13.3. The zero-order chi connectivity index (χ0) is 44.5. The maximum atomic E-state index is 2.43.